The number of nitrogens with zero attached hydrogens (tertiary/aromatic N) is 1. The number of aromatic nitrogens is 1. The van der Waals surface area contributed by atoms with Crippen LogP contribution < -0.4 is 15.4 Å². The van der Waals surface area contributed by atoms with Gasteiger partial charge < -0.3 is 15.4 Å². The fourth-order valence-corrected chi connectivity index (χ4v) is 1.89. The number of pyridine rings is 1. The van der Waals surface area contributed by atoms with Gasteiger partial charge in [0.05, 0.1) is 24.7 Å². The Bertz CT molecular complexity index is 651. The number of aryl methyl sites for hydroxylation is 1. The van der Waals surface area contributed by atoms with Crippen LogP contribution in [0.3, 0.4) is 0 Å². The molecule has 0 bridgehead atoms. The van der Waals surface area contributed by atoms with Crippen LogP contribution in [0.1, 0.15) is 19.4 Å². The van der Waals surface area contributed by atoms with E-state index in [2.05, 4.69) is 15.6 Å². The molecule has 1 heterocycles. The van der Waals surface area contributed by atoms with E-state index >= 15 is 0 Å². The van der Waals surface area contributed by atoms with Gasteiger partial charge in [0, 0.05) is 5.92 Å². The van der Waals surface area contributed by atoms with E-state index in [0.29, 0.717) is 11.5 Å². The van der Waals surface area contributed by atoms with Crippen LogP contribution in [-0.4, -0.2) is 18.0 Å². The van der Waals surface area contributed by atoms with E-state index in [0.717, 1.165) is 17.0 Å². The molecule has 2 rings (SSSR count). The van der Waals surface area contributed by atoms with Crippen LogP contribution in [0.2, 0.25) is 0 Å². The summed E-state index contributed by atoms with van der Waals surface area (Å²) >= 11 is 0. The number of hydrogen-bond donors (Lipinski definition) is 2. The average Bonchev–Trinajstić information content (AvgIpc) is 2.49. The van der Waals surface area contributed by atoms with E-state index in [9.17, 15) is 4.79 Å². The first kappa shape index (κ1) is 15.8. The van der Waals surface area contributed by atoms with Crippen LogP contribution in [0.4, 0.5) is 17.2 Å². The van der Waals surface area contributed by atoms with Gasteiger partial charge in [-0.15, -0.1) is 0 Å². The Balaban J connectivity index is 2.11. The molecule has 5 heteroatoms. The number of anilines is 3. The molecule has 2 N–H and O–H groups in total. The molecule has 0 radical (unpaired) electrons. The van der Waals surface area contributed by atoms with E-state index in [4.69, 9.17) is 4.74 Å². The number of nitrogens with one attached hydrogen (secondary N) is 2. The van der Waals surface area contributed by atoms with Crippen LogP contribution in [0.15, 0.2) is 36.5 Å². The maximum Gasteiger partial charge on any atom is 0.226 e. The highest BCUT2D eigenvalue weighted by Gasteiger charge is 2.08. The Morgan fingerprint density at radius 1 is 1.23 bits per heavy atom. The van der Waals surface area contributed by atoms with Gasteiger partial charge in [-0.2, -0.15) is 0 Å². The fourth-order valence-electron chi connectivity index (χ4n) is 1.89. The minimum Gasteiger partial charge on any atom is -0.495 e. The number of amides is 1. The van der Waals surface area contributed by atoms with Gasteiger partial charge in [-0.25, -0.2) is 4.98 Å². The monoisotopic (exact) mass is 299 g/mol. The van der Waals surface area contributed by atoms with Gasteiger partial charge in [0.15, 0.2) is 0 Å². The van der Waals surface area contributed by atoms with Crippen LogP contribution in [0.25, 0.3) is 0 Å². The second-order valence-electron chi connectivity index (χ2n) is 5.40. The Hall–Kier alpha value is -2.56. The van der Waals surface area contributed by atoms with E-state index < -0.39 is 0 Å². The molecule has 0 spiro atoms. The predicted octanol–water partition coefficient (Wildman–Crippen LogP) is 3.74. The van der Waals surface area contributed by atoms with E-state index in [1.54, 1.807) is 13.3 Å². The minimum absolute atomic E-state index is 0.0251. The SMILES string of the molecule is COc1ccc(C)cc1Nc1ccc(NC(=O)C(C)C)cn1. The average molecular weight is 299 g/mol. The molecular formula is C17H21N3O2. The van der Waals surface area contributed by atoms with Crippen molar-refractivity contribution in [1.82, 2.24) is 4.98 Å². The summed E-state index contributed by atoms with van der Waals surface area (Å²) in [6, 6.07) is 9.53. The topological polar surface area (TPSA) is 63.2 Å². The zero-order chi connectivity index (χ0) is 16.1. The number of methoxy groups -OCH3 is 1. The van der Waals surface area contributed by atoms with E-state index in [1.807, 2.05) is 51.1 Å². The maximum atomic E-state index is 11.6. The zero-order valence-electron chi connectivity index (χ0n) is 13.3. The molecule has 2 aromatic rings. The zero-order valence-corrected chi connectivity index (χ0v) is 13.3. The van der Waals surface area contributed by atoms with Gasteiger partial charge in [0.2, 0.25) is 5.91 Å². The molecule has 0 fully saturated rings. The highest BCUT2D eigenvalue weighted by molar-refractivity contribution is 5.92. The van der Waals surface area contributed by atoms with E-state index in [1.165, 1.54) is 0 Å². The summed E-state index contributed by atoms with van der Waals surface area (Å²) in [6.07, 6.45) is 1.63. The van der Waals surface area contributed by atoms with Gasteiger partial charge in [0.25, 0.3) is 0 Å². The lowest BCUT2D eigenvalue weighted by atomic mass is 10.2. The molecule has 22 heavy (non-hydrogen) atoms. The standard InChI is InChI=1S/C17H21N3O2/c1-11(2)17(21)19-13-6-8-16(18-10-13)20-14-9-12(3)5-7-15(14)22-4/h5-11H,1-4H3,(H,18,20)(H,19,21). The summed E-state index contributed by atoms with van der Waals surface area (Å²) in [5.41, 5.74) is 2.67. The Kier molecular flexibility index (Phi) is 4.99. The number of hydrogen-bond acceptors (Lipinski definition) is 4. The van der Waals surface area contributed by atoms with Crippen molar-refractivity contribution in [3.05, 3.63) is 42.1 Å². The fraction of sp³-hybridized carbons (Fsp3) is 0.294. The number of carbonyl (C=O) groups is 1. The molecule has 1 aromatic carbocycles. The van der Waals surface area contributed by atoms with Crippen molar-refractivity contribution in [2.24, 2.45) is 5.92 Å². The number of rotatable bonds is 5. The van der Waals surface area contributed by atoms with Crippen molar-refractivity contribution in [1.29, 1.82) is 0 Å². The molecule has 5 nitrogen and oxygen atoms in total. The first-order valence-electron chi connectivity index (χ1n) is 7.18. The summed E-state index contributed by atoms with van der Waals surface area (Å²) in [6.45, 7) is 5.72. The van der Waals surface area contributed by atoms with Gasteiger partial charge in [-0.1, -0.05) is 19.9 Å². The Morgan fingerprint density at radius 3 is 2.59 bits per heavy atom. The van der Waals surface area contributed by atoms with Crippen LogP contribution >= 0.6 is 0 Å². The lowest BCUT2D eigenvalue weighted by molar-refractivity contribution is -0.118. The quantitative estimate of drug-likeness (QED) is 0.883. The van der Waals surface area contributed by atoms with Crippen molar-refractivity contribution in [3.63, 3.8) is 0 Å². The Morgan fingerprint density at radius 2 is 2.00 bits per heavy atom. The lowest BCUT2D eigenvalue weighted by Gasteiger charge is -2.12. The van der Waals surface area contributed by atoms with Crippen molar-refractivity contribution in [2.75, 3.05) is 17.7 Å². The highest BCUT2D eigenvalue weighted by atomic mass is 16.5. The smallest absolute Gasteiger partial charge is 0.226 e. The predicted molar refractivity (Wildman–Crippen MR) is 88.7 cm³/mol. The summed E-state index contributed by atoms with van der Waals surface area (Å²) in [5, 5.41) is 6.03. The van der Waals surface area contributed by atoms with Crippen molar-refractivity contribution < 1.29 is 9.53 Å². The second-order valence-corrected chi connectivity index (χ2v) is 5.40. The molecule has 0 saturated carbocycles. The van der Waals surface area contributed by atoms with Gasteiger partial charge in [0.1, 0.15) is 11.6 Å². The lowest BCUT2D eigenvalue weighted by Crippen LogP contribution is -2.17. The molecule has 116 valence electrons. The summed E-state index contributed by atoms with van der Waals surface area (Å²) in [7, 11) is 1.63. The molecule has 0 saturated heterocycles. The minimum atomic E-state index is -0.0608. The third-order valence-electron chi connectivity index (χ3n) is 3.17. The maximum absolute atomic E-state index is 11.6. The number of ether oxygens (including phenoxy) is 1. The number of benzene rings is 1. The normalized spacial score (nSPS) is 10.4. The van der Waals surface area contributed by atoms with Crippen molar-refractivity contribution >= 4 is 23.1 Å². The van der Waals surface area contributed by atoms with Gasteiger partial charge in [-0.3, -0.25) is 4.79 Å². The van der Waals surface area contributed by atoms with Crippen molar-refractivity contribution in [2.45, 2.75) is 20.8 Å². The third kappa shape index (κ3) is 3.97. The molecule has 0 atom stereocenters. The van der Waals surface area contributed by atoms with Crippen LogP contribution in [-0.2, 0) is 4.79 Å². The number of carbonyl (C=O) groups excluding carboxylic acids is 1. The second kappa shape index (κ2) is 6.93. The molecular weight excluding hydrogens is 278 g/mol. The van der Waals surface area contributed by atoms with Gasteiger partial charge >= 0.3 is 0 Å². The molecule has 0 aliphatic rings. The summed E-state index contributed by atoms with van der Waals surface area (Å²) in [5.74, 6) is 1.35. The van der Waals surface area contributed by atoms with E-state index in [-0.39, 0.29) is 11.8 Å². The first-order valence-corrected chi connectivity index (χ1v) is 7.18. The first-order chi connectivity index (χ1) is 10.5. The largest absolute Gasteiger partial charge is 0.495 e. The van der Waals surface area contributed by atoms with Crippen LogP contribution in [0, 0.1) is 12.8 Å². The van der Waals surface area contributed by atoms with Crippen LogP contribution in [0.5, 0.6) is 5.75 Å². The Labute approximate surface area is 130 Å². The van der Waals surface area contributed by atoms with Crippen molar-refractivity contribution in [3.8, 4) is 5.75 Å². The molecule has 0 unspecified atom stereocenters. The molecule has 1 amide bonds. The third-order valence-corrected chi connectivity index (χ3v) is 3.17. The molecule has 0 aliphatic carbocycles. The molecule has 0 aliphatic heterocycles. The molecule has 1 aromatic heterocycles. The summed E-state index contributed by atoms with van der Waals surface area (Å²) < 4.78 is 5.33. The van der Waals surface area contributed by atoms with Gasteiger partial charge in [-0.05, 0) is 36.8 Å². The highest BCUT2D eigenvalue weighted by Crippen LogP contribution is 2.28. The summed E-state index contributed by atoms with van der Waals surface area (Å²) in [4.78, 5) is 15.9.